The van der Waals surface area contributed by atoms with Gasteiger partial charge >= 0.3 is 0 Å². The van der Waals surface area contributed by atoms with Crippen LogP contribution < -0.4 is 5.73 Å². The lowest BCUT2D eigenvalue weighted by Crippen LogP contribution is -2.01. The molecule has 2 heteroatoms. The standard InChI is InChI=1S/C22H25NO/c23-15-17-13-20(17)19-11-6-12-22-21(19)14-18(24-22)10-5-4-9-16-7-2-1-3-8-16/h1-3,6-8,11-12,14,17,20H,4-5,9-10,13,15,23H2/t17-,20+/m0/s1. The smallest absolute Gasteiger partial charge is 0.134 e. The number of aryl methyl sites for hydroxylation is 2. The molecule has 2 nitrogen and oxygen atoms in total. The topological polar surface area (TPSA) is 39.2 Å². The molecular formula is C22H25NO. The Morgan fingerprint density at radius 3 is 2.58 bits per heavy atom. The molecule has 2 N–H and O–H groups in total. The Labute approximate surface area is 143 Å². The molecule has 0 amide bonds. The number of hydrogen-bond acceptors (Lipinski definition) is 2. The summed E-state index contributed by atoms with van der Waals surface area (Å²) in [5.41, 5.74) is 9.71. The van der Waals surface area contributed by atoms with E-state index in [1.54, 1.807) is 0 Å². The molecule has 1 aliphatic rings. The highest BCUT2D eigenvalue weighted by molar-refractivity contribution is 5.82. The molecular weight excluding hydrogens is 294 g/mol. The molecule has 24 heavy (non-hydrogen) atoms. The van der Waals surface area contributed by atoms with Gasteiger partial charge < -0.3 is 10.2 Å². The molecule has 1 heterocycles. The molecule has 0 saturated heterocycles. The van der Waals surface area contributed by atoms with Crippen molar-refractivity contribution in [3.63, 3.8) is 0 Å². The third-order valence-corrected chi connectivity index (χ3v) is 5.25. The number of benzene rings is 2. The van der Waals surface area contributed by atoms with Gasteiger partial charge in [-0.25, -0.2) is 0 Å². The molecule has 0 unspecified atom stereocenters. The summed E-state index contributed by atoms with van der Waals surface area (Å²) in [6.45, 7) is 0.797. The second-order valence-corrected chi connectivity index (χ2v) is 7.00. The van der Waals surface area contributed by atoms with Gasteiger partial charge in [-0.05, 0) is 67.3 Å². The lowest BCUT2D eigenvalue weighted by molar-refractivity contribution is 0.532. The van der Waals surface area contributed by atoms with E-state index >= 15 is 0 Å². The van der Waals surface area contributed by atoms with E-state index < -0.39 is 0 Å². The zero-order chi connectivity index (χ0) is 16.4. The number of hydrogen-bond donors (Lipinski definition) is 1. The third-order valence-electron chi connectivity index (χ3n) is 5.25. The summed E-state index contributed by atoms with van der Waals surface area (Å²) in [7, 11) is 0. The van der Waals surface area contributed by atoms with E-state index in [0.717, 1.165) is 30.7 Å². The number of furan rings is 1. The highest BCUT2D eigenvalue weighted by atomic mass is 16.3. The molecule has 0 spiro atoms. The van der Waals surface area contributed by atoms with Gasteiger partial charge in [-0.1, -0.05) is 42.5 Å². The van der Waals surface area contributed by atoms with E-state index in [-0.39, 0.29) is 0 Å². The van der Waals surface area contributed by atoms with Gasteiger partial charge in [-0.2, -0.15) is 0 Å². The fourth-order valence-corrected chi connectivity index (χ4v) is 3.74. The first kappa shape index (κ1) is 15.5. The number of fused-ring (bicyclic) bond motifs is 1. The van der Waals surface area contributed by atoms with Crippen molar-refractivity contribution in [3.05, 3.63) is 71.5 Å². The molecule has 2 atom stereocenters. The predicted octanol–water partition coefficient (Wildman–Crippen LogP) is 5.06. The van der Waals surface area contributed by atoms with Gasteiger partial charge in [0.25, 0.3) is 0 Å². The molecule has 4 rings (SSSR count). The first-order chi connectivity index (χ1) is 11.8. The summed E-state index contributed by atoms with van der Waals surface area (Å²) in [5.74, 6) is 2.43. The normalized spacial score (nSPS) is 19.7. The lowest BCUT2D eigenvalue weighted by atomic mass is 10.0. The zero-order valence-electron chi connectivity index (χ0n) is 14.1. The predicted molar refractivity (Wildman–Crippen MR) is 99.2 cm³/mol. The first-order valence-corrected chi connectivity index (χ1v) is 9.10. The van der Waals surface area contributed by atoms with Crippen LogP contribution >= 0.6 is 0 Å². The molecule has 1 aliphatic carbocycles. The van der Waals surface area contributed by atoms with E-state index in [1.807, 2.05) is 0 Å². The summed E-state index contributed by atoms with van der Waals surface area (Å²) < 4.78 is 6.08. The van der Waals surface area contributed by atoms with Crippen LogP contribution in [-0.4, -0.2) is 6.54 Å². The van der Waals surface area contributed by atoms with Crippen LogP contribution in [0.15, 0.2) is 59.0 Å². The molecule has 0 radical (unpaired) electrons. The zero-order valence-corrected chi connectivity index (χ0v) is 14.1. The summed E-state index contributed by atoms with van der Waals surface area (Å²) in [6.07, 6.45) is 5.76. The molecule has 0 bridgehead atoms. The monoisotopic (exact) mass is 319 g/mol. The molecule has 0 aliphatic heterocycles. The van der Waals surface area contributed by atoms with Crippen molar-refractivity contribution in [1.82, 2.24) is 0 Å². The van der Waals surface area contributed by atoms with Crippen molar-refractivity contribution < 1.29 is 4.42 Å². The Bertz CT molecular complexity index is 805. The van der Waals surface area contributed by atoms with Crippen LogP contribution in [-0.2, 0) is 12.8 Å². The molecule has 1 aromatic heterocycles. The molecule has 124 valence electrons. The molecule has 1 fully saturated rings. The van der Waals surface area contributed by atoms with Gasteiger partial charge in [0.2, 0.25) is 0 Å². The van der Waals surface area contributed by atoms with E-state index in [0.29, 0.717) is 11.8 Å². The van der Waals surface area contributed by atoms with Gasteiger partial charge in [-0.3, -0.25) is 0 Å². The Morgan fingerprint density at radius 1 is 0.958 bits per heavy atom. The van der Waals surface area contributed by atoms with Crippen LogP contribution in [0.25, 0.3) is 11.0 Å². The molecule has 1 saturated carbocycles. The second-order valence-electron chi connectivity index (χ2n) is 7.00. The van der Waals surface area contributed by atoms with Crippen molar-refractivity contribution >= 4 is 11.0 Å². The Balaban J connectivity index is 1.39. The van der Waals surface area contributed by atoms with Crippen molar-refractivity contribution in [2.75, 3.05) is 6.54 Å². The van der Waals surface area contributed by atoms with Gasteiger partial charge in [0, 0.05) is 11.8 Å². The largest absolute Gasteiger partial charge is 0.461 e. The Kier molecular flexibility index (Phi) is 4.40. The minimum absolute atomic E-state index is 0.641. The van der Waals surface area contributed by atoms with E-state index in [2.05, 4.69) is 54.6 Å². The van der Waals surface area contributed by atoms with E-state index in [1.165, 1.54) is 35.8 Å². The van der Waals surface area contributed by atoms with Crippen LogP contribution in [0.5, 0.6) is 0 Å². The van der Waals surface area contributed by atoms with Crippen LogP contribution in [0.3, 0.4) is 0 Å². The highest BCUT2D eigenvalue weighted by Gasteiger charge is 2.38. The summed E-state index contributed by atoms with van der Waals surface area (Å²) in [5, 5.41) is 1.30. The third kappa shape index (κ3) is 3.25. The van der Waals surface area contributed by atoms with Crippen LogP contribution in [0.1, 0.15) is 42.1 Å². The summed E-state index contributed by atoms with van der Waals surface area (Å²) in [4.78, 5) is 0. The molecule has 3 aromatic rings. The maximum absolute atomic E-state index is 6.08. The quantitative estimate of drug-likeness (QED) is 0.618. The van der Waals surface area contributed by atoms with Gasteiger partial charge in [0.05, 0.1) is 0 Å². The Hall–Kier alpha value is -2.06. The lowest BCUT2D eigenvalue weighted by Gasteiger charge is -2.00. The highest BCUT2D eigenvalue weighted by Crippen LogP contribution is 2.49. The van der Waals surface area contributed by atoms with Crippen molar-refractivity contribution in [2.24, 2.45) is 11.7 Å². The van der Waals surface area contributed by atoms with Crippen LogP contribution in [0, 0.1) is 5.92 Å². The van der Waals surface area contributed by atoms with E-state index in [4.69, 9.17) is 10.2 Å². The Morgan fingerprint density at radius 2 is 1.79 bits per heavy atom. The fourth-order valence-electron chi connectivity index (χ4n) is 3.74. The minimum Gasteiger partial charge on any atom is -0.461 e. The average Bonchev–Trinajstić information content (AvgIpc) is 3.29. The van der Waals surface area contributed by atoms with Crippen molar-refractivity contribution in [3.8, 4) is 0 Å². The van der Waals surface area contributed by atoms with Crippen LogP contribution in [0.4, 0.5) is 0 Å². The number of rotatable bonds is 7. The maximum Gasteiger partial charge on any atom is 0.134 e. The van der Waals surface area contributed by atoms with Gasteiger partial charge in [0.15, 0.2) is 0 Å². The summed E-state index contributed by atoms with van der Waals surface area (Å²) in [6, 6.07) is 19.4. The number of unbranched alkanes of at least 4 members (excludes halogenated alkanes) is 1. The average molecular weight is 319 g/mol. The van der Waals surface area contributed by atoms with E-state index in [9.17, 15) is 0 Å². The second kappa shape index (κ2) is 6.82. The van der Waals surface area contributed by atoms with Crippen molar-refractivity contribution in [2.45, 2.75) is 38.0 Å². The minimum atomic E-state index is 0.641. The van der Waals surface area contributed by atoms with Gasteiger partial charge in [0.1, 0.15) is 11.3 Å². The first-order valence-electron chi connectivity index (χ1n) is 9.10. The van der Waals surface area contributed by atoms with Gasteiger partial charge in [-0.15, -0.1) is 0 Å². The van der Waals surface area contributed by atoms with Crippen LogP contribution in [0.2, 0.25) is 0 Å². The SMILES string of the molecule is NC[C@@H]1C[C@H]1c1cccc2oc(CCCCc3ccccc3)cc12. The fraction of sp³-hybridized carbons (Fsp3) is 0.364. The molecule has 2 aromatic carbocycles. The summed E-state index contributed by atoms with van der Waals surface area (Å²) >= 11 is 0. The number of nitrogens with two attached hydrogens (primary N) is 1. The maximum atomic E-state index is 6.08. The van der Waals surface area contributed by atoms with Crippen molar-refractivity contribution in [1.29, 1.82) is 0 Å².